The average molecular weight is 536 g/mol. The van der Waals surface area contributed by atoms with Crippen LogP contribution in [0.5, 0.6) is 0 Å². The molecular formula is C37H21N5. The maximum absolute atomic E-state index is 9.64. The number of hydrogen-bond donors (Lipinski definition) is 0. The summed E-state index contributed by atoms with van der Waals surface area (Å²) in [6.07, 6.45) is 0. The molecular weight excluding hydrogens is 514 g/mol. The quantitative estimate of drug-likeness (QED) is 0.227. The van der Waals surface area contributed by atoms with Crippen LogP contribution in [0.25, 0.3) is 66.4 Å². The first-order valence-electron chi connectivity index (χ1n) is 13.7. The molecule has 0 saturated heterocycles. The Labute approximate surface area is 241 Å². The van der Waals surface area contributed by atoms with Crippen molar-refractivity contribution in [3.63, 3.8) is 0 Å². The van der Waals surface area contributed by atoms with Gasteiger partial charge in [-0.25, -0.2) is 4.98 Å². The van der Waals surface area contributed by atoms with Gasteiger partial charge in [0.05, 0.1) is 45.3 Å². The van der Waals surface area contributed by atoms with E-state index in [0.29, 0.717) is 11.1 Å². The van der Waals surface area contributed by atoms with Gasteiger partial charge in [-0.15, -0.1) is 0 Å². The lowest BCUT2D eigenvalue weighted by Gasteiger charge is -2.15. The van der Waals surface area contributed by atoms with Gasteiger partial charge in [0.15, 0.2) is 0 Å². The molecule has 0 N–H and O–H groups in total. The van der Waals surface area contributed by atoms with Crippen molar-refractivity contribution in [2.45, 2.75) is 0 Å². The Kier molecular flexibility index (Phi) is 5.19. The van der Waals surface area contributed by atoms with E-state index >= 15 is 0 Å². The van der Waals surface area contributed by atoms with E-state index in [0.717, 1.165) is 66.4 Å². The minimum atomic E-state index is 0.602. The molecule has 8 rings (SSSR count). The summed E-state index contributed by atoms with van der Waals surface area (Å²) in [7, 11) is 0. The molecule has 3 heterocycles. The van der Waals surface area contributed by atoms with Gasteiger partial charge < -0.3 is 0 Å². The van der Waals surface area contributed by atoms with Gasteiger partial charge in [0.25, 0.3) is 0 Å². The largest absolute Gasteiger partial charge is 0.294 e. The Hall–Kier alpha value is -6.17. The van der Waals surface area contributed by atoms with E-state index in [9.17, 15) is 10.5 Å². The van der Waals surface area contributed by atoms with Gasteiger partial charge in [0, 0.05) is 21.5 Å². The summed E-state index contributed by atoms with van der Waals surface area (Å²) in [5.41, 5.74) is 7.23. The highest BCUT2D eigenvalue weighted by Gasteiger charge is 2.18. The minimum absolute atomic E-state index is 0.602. The molecule has 8 aromatic rings. The highest BCUT2D eigenvalue weighted by molar-refractivity contribution is 6.10. The highest BCUT2D eigenvalue weighted by Crippen LogP contribution is 2.36. The first-order valence-corrected chi connectivity index (χ1v) is 13.7. The van der Waals surface area contributed by atoms with Crippen LogP contribution in [0, 0.1) is 22.7 Å². The molecule has 42 heavy (non-hydrogen) atoms. The van der Waals surface area contributed by atoms with Gasteiger partial charge >= 0.3 is 0 Å². The van der Waals surface area contributed by atoms with Crippen LogP contribution in [0.15, 0.2) is 127 Å². The number of nitrogens with zero attached hydrogens (tertiary/aromatic N) is 5. The smallest absolute Gasteiger partial charge is 0.140 e. The number of nitriles is 2. The van der Waals surface area contributed by atoms with E-state index in [1.807, 2.05) is 54.6 Å². The summed E-state index contributed by atoms with van der Waals surface area (Å²) in [6, 6.07) is 47.2. The maximum atomic E-state index is 9.64. The van der Waals surface area contributed by atoms with E-state index in [1.165, 1.54) is 0 Å². The Morgan fingerprint density at radius 3 is 1.50 bits per heavy atom. The lowest BCUT2D eigenvalue weighted by molar-refractivity contribution is 1.01. The monoisotopic (exact) mass is 535 g/mol. The number of benzene rings is 5. The third kappa shape index (κ3) is 3.52. The number of aromatic nitrogens is 3. The predicted molar refractivity (Wildman–Crippen MR) is 168 cm³/mol. The molecule has 5 aromatic carbocycles. The molecule has 0 aliphatic heterocycles. The first-order chi connectivity index (χ1) is 20.7. The first kappa shape index (κ1) is 23.7. The van der Waals surface area contributed by atoms with Gasteiger partial charge in [0.1, 0.15) is 11.6 Å². The zero-order chi connectivity index (χ0) is 28.2. The minimum Gasteiger partial charge on any atom is -0.294 e. The van der Waals surface area contributed by atoms with Crippen molar-refractivity contribution in [1.82, 2.24) is 14.1 Å². The fourth-order valence-electron chi connectivity index (χ4n) is 6.12. The fourth-order valence-corrected chi connectivity index (χ4v) is 6.12. The van der Waals surface area contributed by atoms with Crippen LogP contribution in [0.2, 0.25) is 0 Å². The molecule has 5 nitrogen and oxygen atoms in total. The summed E-state index contributed by atoms with van der Waals surface area (Å²) in [4.78, 5) is 5.33. The van der Waals surface area contributed by atoms with E-state index in [1.54, 1.807) is 0 Å². The van der Waals surface area contributed by atoms with Crippen LogP contribution in [0.3, 0.4) is 0 Å². The average Bonchev–Trinajstić information content (AvgIpc) is 3.57. The molecule has 0 radical (unpaired) electrons. The number of fused-ring (bicyclic) bond motifs is 6. The molecule has 0 unspecified atom stereocenters. The number of para-hydroxylation sites is 3. The Morgan fingerprint density at radius 1 is 0.429 bits per heavy atom. The lowest BCUT2D eigenvalue weighted by atomic mass is 10.0. The topological polar surface area (TPSA) is 70.3 Å². The van der Waals surface area contributed by atoms with Crippen LogP contribution in [-0.2, 0) is 0 Å². The fraction of sp³-hybridized carbons (Fsp3) is 0. The molecule has 194 valence electrons. The molecule has 0 bridgehead atoms. The van der Waals surface area contributed by atoms with Crippen LogP contribution in [-0.4, -0.2) is 14.1 Å². The highest BCUT2D eigenvalue weighted by atomic mass is 15.1. The molecule has 0 aliphatic rings. The molecule has 0 atom stereocenters. The van der Waals surface area contributed by atoms with E-state index < -0.39 is 0 Å². The van der Waals surface area contributed by atoms with Crippen LogP contribution < -0.4 is 0 Å². The zero-order valence-corrected chi connectivity index (χ0v) is 22.4. The SMILES string of the molecule is N#Cc1cccc(-c2cc(-n3c4ccccc4c4ccccc43)nc(-n3c4ccccc4c4cc(C#N)ccc43)c2)c1. The summed E-state index contributed by atoms with van der Waals surface area (Å²) in [5, 5.41) is 23.6. The Bertz CT molecular complexity index is 2390. The van der Waals surface area contributed by atoms with E-state index in [4.69, 9.17) is 4.98 Å². The Morgan fingerprint density at radius 2 is 0.929 bits per heavy atom. The predicted octanol–water partition coefficient (Wildman–Crippen LogP) is 8.69. The van der Waals surface area contributed by atoms with Crippen molar-refractivity contribution in [2.24, 2.45) is 0 Å². The summed E-state index contributed by atoms with van der Waals surface area (Å²) >= 11 is 0. The van der Waals surface area contributed by atoms with Gasteiger partial charge in [-0.05, 0) is 71.8 Å². The molecule has 0 fully saturated rings. The lowest BCUT2D eigenvalue weighted by Crippen LogP contribution is -2.04. The van der Waals surface area contributed by atoms with Crippen molar-refractivity contribution in [3.8, 4) is 34.9 Å². The second kappa shape index (κ2) is 9.20. The van der Waals surface area contributed by atoms with Gasteiger partial charge in [-0.1, -0.05) is 66.7 Å². The second-order valence-electron chi connectivity index (χ2n) is 10.3. The molecule has 3 aromatic heterocycles. The normalized spacial score (nSPS) is 11.3. The van der Waals surface area contributed by atoms with Crippen LogP contribution >= 0.6 is 0 Å². The molecule has 5 heteroatoms. The number of hydrogen-bond acceptors (Lipinski definition) is 3. The van der Waals surface area contributed by atoms with E-state index in [2.05, 4.69) is 94.1 Å². The van der Waals surface area contributed by atoms with Gasteiger partial charge in [-0.2, -0.15) is 10.5 Å². The third-order valence-corrected chi connectivity index (χ3v) is 7.96. The summed E-state index contributed by atoms with van der Waals surface area (Å²) in [6.45, 7) is 0. The van der Waals surface area contributed by atoms with Crippen molar-refractivity contribution in [3.05, 3.63) is 139 Å². The summed E-state index contributed by atoms with van der Waals surface area (Å²) in [5.74, 6) is 1.53. The second-order valence-corrected chi connectivity index (χ2v) is 10.3. The van der Waals surface area contributed by atoms with Crippen molar-refractivity contribution in [1.29, 1.82) is 10.5 Å². The van der Waals surface area contributed by atoms with Gasteiger partial charge in [0.2, 0.25) is 0 Å². The number of rotatable bonds is 3. The Balaban J connectivity index is 1.50. The number of pyridine rings is 1. The molecule has 0 saturated carbocycles. The van der Waals surface area contributed by atoms with Crippen LogP contribution in [0.4, 0.5) is 0 Å². The standard InChI is InChI=1S/C37H21N5/c38-22-24-8-7-9-26(18-24)27-20-36(41-32-13-4-1-10-28(32)29-11-2-5-14-33(29)41)40-37(21-27)42-34-15-6-3-12-30(34)31-19-25(23-39)16-17-35(31)42/h1-21H. The maximum Gasteiger partial charge on any atom is 0.140 e. The summed E-state index contributed by atoms with van der Waals surface area (Å²) < 4.78 is 4.38. The van der Waals surface area contributed by atoms with Crippen LogP contribution in [0.1, 0.15) is 11.1 Å². The van der Waals surface area contributed by atoms with E-state index in [-0.39, 0.29) is 0 Å². The van der Waals surface area contributed by atoms with Gasteiger partial charge in [-0.3, -0.25) is 9.13 Å². The van der Waals surface area contributed by atoms with Crippen molar-refractivity contribution < 1.29 is 0 Å². The molecule has 0 amide bonds. The van der Waals surface area contributed by atoms with Crippen molar-refractivity contribution in [2.75, 3.05) is 0 Å². The molecule has 0 aliphatic carbocycles. The zero-order valence-electron chi connectivity index (χ0n) is 22.4. The molecule has 0 spiro atoms. The van der Waals surface area contributed by atoms with Crippen molar-refractivity contribution >= 4 is 43.6 Å². The third-order valence-electron chi connectivity index (χ3n) is 7.96.